The molecule has 2 aliphatic rings. The van der Waals surface area contributed by atoms with Gasteiger partial charge in [-0.15, -0.1) is 0 Å². The number of hydrogen-bond acceptors (Lipinski definition) is 8. The van der Waals surface area contributed by atoms with E-state index in [0.29, 0.717) is 16.9 Å². The third kappa shape index (κ3) is 4.60. The molecule has 13 nitrogen and oxygen atoms in total. The van der Waals surface area contributed by atoms with Gasteiger partial charge >= 0.3 is 12.1 Å². The number of benzene rings is 1. The molecule has 4 heterocycles. The van der Waals surface area contributed by atoms with E-state index in [1.54, 1.807) is 23.0 Å². The molecule has 184 valence electrons. The Balaban J connectivity index is 1.38. The number of hydrogen-bond donors (Lipinski definition) is 4. The third-order valence-corrected chi connectivity index (χ3v) is 5.71. The summed E-state index contributed by atoms with van der Waals surface area (Å²) in [5.74, 6) is -0.575. The van der Waals surface area contributed by atoms with Crippen LogP contribution in [0.25, 0.3) is 11.2 Å². The largest absolute Gasteiger partial charge is 0.347 e. The van der Waals surface area contributed by atoms with Crippen molar-refractivity contribution in [1.82, 2.24) is 30.2 Å². The molecule has 1 aromatic carbocycles. The Kier molecular flexibility index (Phi) is 5.96. The molecule has 4 atom stereocenters. The molecule has 0 bridgehead atoms. The molecule has 2 saturated heterocycles. The van der Waals surface area contributed by atoms with Crippen LogP contribution < -0.4 is 21.3 Å². The van der Waals surface area contributed by atoms with E-state index in [1.807, 2.05) is 32.0 Å². The van der Waals surface area contributed by atoms with Gasteiger partial charge in [-0.05, 0) is 26.0 Å². The maximum atomic E-state index is 12.5. The number of rotatable bonds is 5. The van der Waals surface area contributed by atoms with Crippen molar-refractivity contribution in [2.45, 2.75) is 44.2 Å². The van der Waals surface area contributed by atoms with Gasteiger partial charge in [0, 0.05) is 19.3 Å². The van der Waals surface area contributed by atoms with Crippen molar-refractivity contribution in [2.75, 3.05) is 24.2 Å². The number of fused-ring (bicyclic) bond motifs is 2. The zero-order chi connectivity index (χ0) is 24.6. The summed E-state index contributed by atoms with van der Waals surface area (Å²) in [5, 5.41) is 10.7. The SMILES string of the molecule is CNC(=O)NC[C@H]1O[C@@H](n2cnc3c(NC(=O)Nc4ccccc4)ncnc32)[C@@H]2OC(C)(C)O[C@@H]21. The number of urea groups is 2. The molecule has 3 aromatic rings. The Morgan fingerprint density at radius 3 is 2.57 bits per heavy atom. The standard InChI is InChI=1S/C22H26N8O5/c1-22(2)34-15-13(9-24-20(31)23-3)33-19(16(15)35-22)30-11-27-14-17(25-10-26-18(14)30)29-21(32)28-12-7-5-4-6-8-12/h4-8,10-11,13,15-16,19H,9H2,1-3H3,(H2,23,24,31)(H2,25,26,28,29,32)/t13-,15-,16-,19-/m1/s1. The second-order valence-corrected chi connectivity index (χ2v) is 8.58. The van der Waals surface area contributed by atoms with E-state index in [9.17, 15) is 9.59 Å². The minimum atomic E-state index is -0.823. The number of nitrogens with one attached hydrogen (secondary N) is 4. The molecule has 2 fully saturated rings. The van der Waals surface area contributed by atoms with Crippen LogP contribution in [-0.2, 0) is 14.2 Å². The highest BCUT2D eigenvalue weighted by molar-refractivity contribution is 6.02. The van der Waals surface area contributed by atoms with Crippen molar-refractivity contribution in [3.63, 3.8) is 0 Å². The van der Waals surface area contributed by atoms with E-state index in [2.05, 4.69) is 36.2 Å². The highest BCUT2D eigenvalue weighted by Gasteiger charge is 2.56. The third-order valence-electron chi connectivity index (χ3n) is 5.71. The van der Waals surface area contributed by atoms with Crippen molar-refractivity contribution in [3.8, 4) is 0 Å². The topological polar surface area (TPSA) is 154 Å². The lowest BCUT2D eigenvalue weighted by atomic mass is 10.1. The second kappa shape index (κ2) is 9.09. The number of carbonyl (C=O) groups is 2. The first-order valence-electron chi connectivity index (χ1n) is 11.1. The first-order chi connectivity index (χ1) is 16.8. The number of anilines is 2. The molecule has 0 unspecified atom stereocenters. The lowest BCUT2D eigenvalue weighted by molar-refractivity contribution is -0.195. The van der Waals surface area contributed by atoms with Gasteiger partial charge in [-0.1, -0.05) is 18.2 Å². The average Bonchev–Trinajstić information content (AvgIpc) is 3.49. The smallest absolute Gasteiger partial charge is 0.324 e. The lowest BCUT2D eigenvalue weighted by Gasteiger charge is -2.24. The highest BCUT2D eigenvalue weighted by atomic mass is 16.8. The van der Waals surface area contributed by atoms with E-state index in [1.165, 1.54) is 13.4 Å². The monoisotopic (exact) mass is 482 g/mol. The van der Waals surface area contributed by atoms with Crippen LogP contribution in [0, 0.1) is 0 Å². The van der Waals surface area contributed by atoms with Gasteiger partial charge < -0.3 is 30.2 Å². The van der Waals surface area contributed by atoms with Gasteiger partial charge in [-0.2, -0.15) is 0 Å². The Morgan fingerprint density at radius 2 is 1.80 bits per heavy atom. The number of amides is 4. The number of aromatic nitrogens is 4. The first kappa shape index (κ1) is 23.0. The molecule has 13 heteroatoms. The Bertz CT molecular complexity index is 1230. The van der Waals surface area contributed by atoms with E-state index >= 15 is 0 Å². The fraction of sp³-hybridized carbons (Fsp3) is 0.409. The zero-order valence-electron chi connectivity index (χ0n) is 19.4. The van der Waals surface area contributed by atoms with Gasteiger partial charge in [-0.25, -0.2) is 24.5 Å². The summed E-state index contributed by atoms with van der Waals surface area (Å²) in [6.45, 7) is 3.88. The Morgan fingerprint density at radius 1 is 1.03 bits per heavy atom. The summed E-state index contributed by atoms with van der Waals surface area (Å²) in [7, 11) is 1.54. The summed E-state index contributed by atoms with van der Waals surface area (Å²) < 4.78 is 20.2. The molecule has 4 N–H and O–H groups in total. The molecular weight excluding hydrogens is 456 g/mol. The highest BCUT2D eigenvalue weighted by Crippen LogP contribution is 2.43. The van der Waals surface area contributed by atoms with Crippen LogP contribution in [0.2, 0.25) is 0 Å². The summed E-state index contributed by atoms with van der Waals surface area (Å²) in [6, 6.07) is 8.27. The van der Waals surface area contributed by atoms with Crippen molar-refractivity contribution >= 4 is 34.7 Å². The normalized spacial score (nSPS) is 24.7. The van der Waals surface area contributed by atoms with Crippen LogP contribution >= 0.6 is 0 Å². The second-order valence-electron chi connectivity index (χ2n) is 8.58. The fourth-order valence-electron chi connectivity index (χ4n) is 4.25. The van der Waals surface area contributed by atoms with Gasteiger partial charge in [0.1, 0.15) is 24.6 Å². The number of nitrogens with zero attached hydrogens (tertiary/aromatic N) is 4. The van der Waals surface area contributed by atoms with Crippen molar-refractivity contribution in [1.29, 1.82) is 0 Å². The van der Waals surface area contributed by atoms with Gasteiger partial charge in [-0.3, -0.25) is 9.88 Å². The van der Waals surface area contributed by atoms with Crippen LogP contribution in [0.3, 0.4) is 0 Å². The maximum absolute atomic E-state index is 12.5. The average molecular weight is 483 g/mol. The predicted molar refractivity (Wildman–Crippen MR) is 125 cm³/mol. The van der Waals surface area contributed by atoms with Gasteiger partial charge in [0.25, 0.3) is 0 Å². The van der Waals surface area contributed by atoms with Crippen molar-refractivity contribution in [2.24, 2.45) is 0 Å². The first-order valence-corrected chi connectivity index (χ1v) is 11.1. The van der Waals surface area contributed by atoms with Gasteiger partial charge in [0.15, 0.2) is 29.0 Å². The maximum Gasteiger partial charge on any atom is 0.324 e. The van der Waals surface area contributed by atoms with Crippen molar-refractivity contribution in [3.05, 3.63) is 43.0 Å². The summed E-state index contributed by atoms with van der Waals surface area (Å²) in [6.07, 6.45) is 0.935. The molecule has 0 radical (unpaired) electrons. The molecule has 35 heavy (non-hydrogen) atoms. The summed E-state index contributed by atoms with van der Waals surface area (Å²) >= 11 is 0. The van der Waals surface area contributed by atoms with Crippen LogP contribution in [0.15, 0.2) is 43.0 Å². The number of para-hydroxylation sites is 1. The van der Waals surface area contributed by atoms with E-state index < -0.39 is 36.4 Å². The molecular formula is C22H26N8O5. The molecule has 0 saturated carbocycles. The summed E-state index contributed by atoms with van der Waals surface area (Å²) in [5.41, 5.74) is 1.48. The number of carbonyl (C=O) groups excluding carboxylic acids is 2. The Labute approximate surface area is 200 Å². The van der Waals surface area contributed by atoms with Gasteiger partial charge in [0.2, 0.25) is 0 Å². The lowest BCUT2D eigenvalue weighted by Crippen LogP contribution is -2.42. The molecule has 5 rings (SSSR count). The van der Waals surface area contributed by atoms with E-state index in [-0.39, 0.29) is 18.4 Å². The molecule has 2 aliphatic heterocycles. The van der Waals surface area contributed by atoms with Crippen LogP contribution in [-0.4, -0.2) is 69.3 Å². The van der Waals surface area contributed by atoms with Crippen LogP contribution in [0.4, 0.5) is 21.1 Å². The quantitative estimate of drug-likeness (QED) is 0.429. The van der Waals surface area contributed by atoms with Crippen molar-refractivity contribution < 1.29 is 23.8 Å². The zero-order valence-corrected chi connectivity index (χ0v) is 19.4. The summed E-state index contributed by atoms with van der Waals surface area (Å²) in [4.78, 5) is 37.1. The Hall–Kier alpha value is -3.81. The van der Waals surface area contributed by atoms with Crippen LogP contribution in [0.1, 0.15) is 20.1 Å². The van der Waals surface area contributed by atoms with Crippen LogP contribution in [0.5, 0.6) is 0 Å². The fourth-order valence-corrected chi connectivity index (χ4v) is 4.25. The number of ether oxygens (including phenoxy) is 3. The van der Waals surface area contributed by atoms with Gasteiger partial charge in [0.05, 0.1) is 6.33 Å². The molecule has 0 aliphatic carbocycles. The van der Waals surface area contributed by atoms with E-state index in [4.69, 9.17) is 14.2 Å². The minimum absolute atomic E-state index is 0.227. The minimum Gasteiger partial charge on any atom is -0.347 e. The molecule has 2 aromatic heterocycles. The molecule has 4 amide bonds. The van der Waals surface area contributed by atoms with E-state index in [0.717, 1.165) is 0 Å². The number of imidazole rings is 1. The predicted octanol–water partition coefficient (Wildman–Crippen LogP) is 1.82. The molecule has 0 spiro atoms.